The van der Waals surface area contributed by atoms with Crippen molar-refractivity contribution in [3.63, 3.8) is 0 Å². The van der Waals surface area contributed by atoms with Gasteiger partial charge in [-0.1, -0.05) is 81.7 Å². The first-order valence-corrected chi connectivity index (χ1v) is 12.1. The van der Waals surface area contributed by atoms with Gasteiger partial charge >= 0.3 is 0 Å². The predicted octanol–water partition coefficient (Wildman–Crippen LogP) is 6.72. The lowest BCUT2D eigenvalue weighted by atomic mass is 9.92. The van der Waals surface area contributed by atoms with Crippen molar-refractivity contribution in [3.8, 4) is 11.3 Å². The molecule has 0 saturated heterocycles. The van der Waals surface area contributed by atoms with E-state index < -0.39 is 0 Å². The summed E-state index contributed by atoms with van der Waals surface area (Å²) >= 11 is 0. The summed E-state index contributed by atoms with van der Waals surface area (Å²) in [7, 11) is 3.73. The molecule has 0 radical (unpaired) electrons. The van der Waals surface area contributed by atoms with E-state index in [1.54, 1.807) is 4.90 Å². The molecule has 1 aliphatic heterocycles. The molecule has 0 spiro atoms. The second-order valence-corrected chi connectivity index (χ2v) is 9.37. The van der Waals surface area contributed by atoms with Crippen LogP contribution in [0.1, 0.15) is 55.7 Å². The van der Waals surface area contributed by atoms with E-state index >= 15 is 0 Å². The maximum Gasteiger partial charge on any atom is 0.227 e. The van der Waals surface area contributed by atoms with Gasteiger partial charge in [0.05, 0.1) is 11.6 Å². The van der Waals surface area contributed by atoms with E-state index in [0.29, 0.717) is 6.54 Å². The Morgan fingerprint density at radius 2 is 1.91 bits per heavy atom. The normalized spacial score (nSPS) is 15.2. The van der Waals surface area contributed by atoms with Crippen molar-refractivity contribution in [1.82, 2.24) is 9.47 Å². The Hall–Kier alpha value is -2.81. The zero-order valence-corrected chi connectivity index (χ0v) is 19.9. The van der Waals surface area contributed by atoms with E-state index in [0.717, 1.165) is 18.4 Å². The molecule has 4 rings (SSSR count). The number of amides is 1. The Bertz CT molecular complexity index is 1120. The van der Waals surface area contributed by atoms with Crippen LogP contribution in [0, 0.1) is 5.92 Å². The second kappa shape index (κ2) is 9.77. The fraction of sp³-hybridized carbons (Fsp3) is 0.414. The Kier molecular flexibility index (Phi) is 6.83. The molecular formula is C29H36N2O. The van der Waals surface area contributed by atoms with Crippen molar-refractivity contribution in [1.29, 1.82) is 0 Å². The first-order valence-electron chi connectivity index (χ1n) is 12.1. The van der Waals surface area contributed by atoms with E-state index in [1.807, 2.05) is 20.2 Å². The van der Waals surface area contributed by atoms with Crippen molar-refractivity contribution in [2.75, 3.05) is 14.1 Å². The van der Waals surface area contributed by atoms with Gasteiger partial charge in [0.25, 0.3) is 0 Å². The molecule has 0 N–H and O–H groups in total. The van der Waals surface area contributed by atoms with Crippen molar-refractivity contribution in [2.45, 2.75) is 58.4 Å². The molecule has 3 nitrogen and oxygen atoms in total. The van der Waals surface area contributed by atoms with Crippen LogP contribution in [0.15, 0.2) is 49.0 Å². The van der Waals surface area contributed by atoms with Gasteiger partial charge < -0.3 is 9.47 Å². The fourth-order valence-electron chi connectivity index (χ4n) is 5.23. The third-order valence-corrected chi connectivity index (χ3v) is 6.89. The molecule has 32 heavy (non-hydrogen) atoms. The lowest BCUT2D eigenvalue weighted by Crippen LogP contribution is -2.33. The van der Waals surface area contributed by atoms with Crippen LogP contribution in [0.2, 0.25) is 0 Å². The van der Waals surface area contributed by atoms with Gasteiger partial charge in [0.2, 0.25) is 5.91 Å². The first-order chi connectivity index (χ1) is 15.5. The molecule has 1 atom stereocenters. The number of hydrogen-bond donors (Lipinski definition) is 0. The Balaban J connectivity index is 1.88. The van der Waals surface area contributed by atoms with Crippen LogP contribution in [0.4, 0.5) is 0 Å². The van der Waals surface area contributed by atoms with Gasteiger partial charge in [-0.25, -0.2) is 0 Å². The number of carbonyl (C=O) groups is 1. The number of carbonyl (C=O) groups excluding carboxylic acids is 1. The molecule has 0 saturated carbocycles. The molecule has 3 aromatic rings. The highest BCUT2D eigenvalue weighted by Gasteiger charge is 2.30. The van der Waals surface area contributed by atoms with Crippen LogP contribution >= 0.6 is 0 Å². The number of hydrogen-bond acceptors (Lipinski definition) is 1. The predicted molar refractivity (Wildman–Crippen MR) is 136 cm³/mol. The Morgan fingerprint density at radius 3 is 2.66 bits per heavy atom. The maximum absolute atomic E-state index is 13.1. The lowest BCUT2D eigenvalue weighted by Gasteiger charge is -2.20. The highest BCUT2D eigenvalue weighted by molar-refractivity contribution is 5.94. The van der Waals surface area contributed by atoms with E-state index in [1.165, 1.54) is 65.4 Å². The van der Waals surface area contributed by atoms with Crippen molar-refractivity contribution < 1.29 is 4.79 Å². The Labute approximate surface area is 192 Å². The minimum atomic E-state index is -0.0622. The smallest absolute Gasteiger partial charge is 0.227 e. The minimum absolute atomic E-state index is 0.0622. The number of fused-ring (bicyclic) bond motifs is 5. The quantitative estimate of drug-likeness (QED) is 0.365. The highest BCUT2D eigenvalue weighted by atomic mass is 16.2. The lowest BCUT2D eigenvalue weighted by molar-refractivity contribution is -0.133. The van der Waals surface area contributed by atoms with Crippen LogP contribution in [-0.4, -0.2) is 29.5 Å². The van der Waals surface area contributed by atoms with Crippen molar-refractivity contribution >= 4 is 22.9 Å². The van der Waals surface area contributed by atoms with Crippen LogP contribution in [-0.2, 0) is 24.2 Å². The highest BCUT2D eigenvalue weighted by Crippen LogP contribution is 2.40. The van der Waals surface area contributed by atoms with Gasteiger partial charge in [0.15, 0.2) is 0 Å². The second-order valence-electron chi connectivity index (χ2n) is 9.37. The molecule has 0 aliphatic carbocycles. The van der Waals surface area contributed by atoms with Crippen LogP contribution in [0.3, 0.4) is 0 Å². The van der Waals surface area contributed by atoms with E-state index in [9.17, 15) is 4.79 Å². The number of unbranched alkanes of at least 4 members (excludes halogenated alkanes) is 4. The number of aromatic nitrogens is 1. The summed E-state index contributed by atoms with van der Waals surface area (Å²) in [6.45, 7) is 6.97. The molecule has 1 aromatic heterocycles. The Morgan fingerprint density at radius 1 is 1.12 bits per heavy atom. The largest absolute Gasteiger partial charge is 0.349 e. The summed E-state index contributed by atoms with van der Waals surface area (Å²) in [5.74, 6) is 0.142. The van der Waals surface area contributed by atoms with Gasteiger partial charge in [-0.05, 0) is 42.0 Å². The van der Waals surface area contributed by atoms with Crippen molar-refractivity contribution in [3.05, 3.63) is 65.7 Å². The first kappa shape index (κ1) is 22.4. The number of aryl methyl sites for hydroxylation is 1. The van der Waals surface area contributed by atoms with E-state index in [-0.39, 0.29) is 11.8 Å². The molecule has 0 bridgehead atoms. The SMILES string of the molecule is C=Cc1ccc2c(CCCCCCC)c3n(c2c1)CC(C(=O)N(C)C)Cc1ccccc1-3. The molecule has 1 unspecified atom stereocenters. The standard InChI is InChI=1S/C29H36N2O/c1-5-7-8-9-10-15-26-25-17-16-21(6-2)18-27(25)31-20-23(29(32)30(3)4)19-22-13-11-12-14-24(22)28(26)31/h6,11-14,16-18,23H,2,5,7-10,15,19-20H2,1,3-4H3. The maximum atomic E-state index is 13.1. The van der Waals surface area contributed by atoms with Crippen molar-refractivity contribution in [2.24, 2.45) is 5.92 Å². The van der Waals surface area contributed by atoms with Gasteiger partial charge in [-0.2, -0.15) is 0 Å². The molecule has 2 heterocycles. The summed E-state index contributed by atoms with van der Waals surface area (Å²) in [4.78, 5) is 14.8. The summed E-state index contributed by atoms with van der Waals surface area (Å²) in [5, 5.41) is 1.33. The van der Waals surface area contributed by atoms with Gasteiger partial charge in [-0.15, -0.1) is 0 Å². The topological polar surface area (TPSA) is 25.2 Å². The average Bonchev–Trinajstić information content (AvgIpc) is 2.99. The summed E-state index contributed by atoms with van der Waals surface area (Å²) in [5.41, 5.74) is 7.69. The van der Waals surface area contributed by atoms with Gasteiger partial charge in [0, 0.05) is 37.1 Å². The minimum Gasteiger partial charge on any atom is -0.349 e. The van der Waals surface area contributed by atoms with Crippen LogP contribution in [0.5, 0.6) is 0 Å². The number of benzene rings is 2. The molecule has 1 aliphatic rings. The summed E-state index contributed by atoms with van der Waals surface area (Å²) < 4.78 is 2.43. The monoisotopic (exact) mass is 428 g/mol. The van der Waals surface area contributed by atoms with Gasteiger partial charge in [-0.3, -0.25) is 4.79 Å². The van der Waals surface area contributed by atoms with Crippen LogP contribution in [0.25, 0.3) is 28.2 Å². The summed E-state index contributed by atoms with van der Waals surface area (Å²) in [6.07, 6.45) is 10.1. The zero-order chi connectivity index (χ0) is 22.7. The number of nitrogens with zero attached hydrogens (tertiary/aromatic N) is 2. The molecule has 3 heteroatoms. The van der Waals surface area contributed by atoms with Crippen LogP contribution < -0.4 is 0 Å². The van der Waals surface area contributed by atoms with Gasteiger partial charge in [0.1, 0.15) is 0 Å². The molecule has 168 valence electrons. The fourth-order valence-corrected chi connectivity index (χ4v) is 5.23. The third kappa shape index (κ3) is 4.26. The molecular weight excluding hydrogens is 392 g/mol. The number of rotatable bonds is 8. The summed E-state index contributed by atoms with van der Waals surface area (Å²) in [6, 6.07) is 15.4. The molecule has 1 amide bonds. The third-order valence-electron chi connectivity index (χ3n) is 6.89. The zero-order valence-electron chi connectivity index (χ0n) is 19.9. The van der Waals surface area contributed by atoms with E-state index in [4.69, 9.17) is 0 Å². The van der Waals surface area contributed by atoms with E-state index in [2.05, 4.69) is 60.5 Å². The average molecular weight is 429 g/mol. The molecule has 0 fully saturated rings. The molecule has 2 aromatic carbocycles.